The molecule has 0 aromatic heterocycles. The van der Waals surface area contributed by atoms with Gasteiger partial charge in [-0.1, -0.05) is 41.0 Å². The highest BCUT2D eigenvalue weighted by Gasteiger charge is 2.39. The molecule has 3 nitrogen and oxygen atoms in total. The molecule has 2 unspecified atom stereocenters. The Hall–Kier alpha value is -0.120. The quantitative estimate of drug-likeness (QED) is 0.742. The summed E-state index contributed by atoms with van der Waals surface area (Å²) in [6.45, 7) is 16.7. The van der Waals surface area contributed by atoms with Crippen LogP contribution in [0, 0.1) is 5.41 Å². The van der Waals surface area contributed by atoms with Crippen LogP contribution in [0.25, 0.3) is 0 Å². The first-order chi connectivity index (χ1) is 9.46. The van der Waals surface area contributed by atoms with Crippen molar-refractivity contribution in [2.24, 2.45) is 5.41 Å². The van der Waals surface area contributed by atoms with Gasteiger partial charge in [0.15, 0.2) is 0 Å². The molecule has 0 saturated heterocycles. The first-order valence-corrected chi connectivity index (χ1v) is 8.60. The summed E-state index contributed by atoms with van der Waals surface area (Å²) >= 11 is 0. The third kappa shape index (κ3) is 4.71. The Morgan fingerprint density at radius 3 is 2.25 bits per heavy atom. The van der Waals surface area contributed by atoms with Crippen molar-refractivity contribution < 1.29 is 5.11 Å². The van der Waals surface area contributed by atoms with E-state index in [1.54, 1.807) is 0 Å². The summed E-state index contributed by atoms with van der Waals surface area (Å²) < 4.78 is 0. The Balaban J connectivity index is 2.49. The molecule has 0 aromatic rings. The van der Waals surface area contributed by atoms with Crippen LogP contribution in [0.1, 0.15) is 60.3 Å². The lowest BCUT2D eigenvalue weighted by molar-refractivity contribution is -0.0565. The van der Waals surface area contributed by atoms with Gasteiger partial charge in [-0.05, 0) is 57.4 Å². The highest BCUT2D eigenvalue weighted by Crippen LogP contribution is 2.37. The van der Waals surface area contributed by atoms with Crippen molar-refractivity contribution >= 4 is 0 Å². The maximum atomic E-state index is 10.6. The van der Waals surface area contributed by atoms with Crippen LogP contribution in [-0.4, -0.2) is 59.8 Å². The zero-order valence-corrected chi connectivity index (χ0v) is 14.4. The molecule has 1 aliphatic carbocycles. The van der Waals surface area contributed by atoms with Crippen molar-refractivity contribution in [3.05, 3.63) is 0 Å². The summed E-state index contributed by atoms with van der Waals surface area (Å²) in [5, 5.41) is 10.6. The van der Waals surface area contributed by atoms with E-state index in [1.165, 1.54) is 19.4 Å². The van der Waals surface area contributed by atoms with E-state index in [4.69, 9.17) is 0 Å². The second-order valence-electron chi connectivity index (χ2n) is 6.90. The SMILES string of the molecule is CCN(CC)CCCN(CC)C1CCCC(C)(C)C1O. The molecule has 2 atom stereocenters. The molecule has 1 N–H and O–H groups in total. The average Bonchev–Trinajstić information content (AvgIpc) is 2.43. The van der Waals surface area contributed by atoms with Gasteiger partial charge in [0, 0.05) is 6.04 Å². The first-order valence-electron chi connectivity index (χ1n) is 8.60. The number of nitrogens with zero attached hydrogens (tertiary/aromatic N) is 2. The highest BCUT2D eigenvalue weighted by molar-refractivity contribution is 4.93. The fraction of sp³-hybridized carbons (Fsp3) is 1.00. The molecule has 120 valence electrons. The van der Waals surface area contributed by atoms with Crippen LogP contribution in [0.5, 0.6) is 0 Å². The maximum absolute atomic E-state index is 10.6. The predicted octanol–water partition coefficient (Wildman–Crippen LogP) is 2.98. The summed E-state index contributed by atoms with van der Waals surface area (Å²) in [6, 6.07) is 0.362. The molecule has 1 aliphatic rings. The Morgan fingerprint density at radius 2 is 1.70 bits per heavy atom. The van der Waals surface area contributed by atoms with E-state index in [1.807, 2.05) is 0 Å². The van der Waals surface area contributed by atoms with Crippen molar-refractivity contribution in [3.63, 3.8) is 0 Å². The van der Waals surface area contributed by atoms with E-state index >= 15 is 0 Å². The van der Waals surface area contributed by atoms with Crippen molar-refractivity contribution in [2.75, 3.05) is 32.7 Å². The van der Waals surface area contributed by atoms with E-state index in [0.29, 0.717) is 6.04 Å². The second kappa shape index (κ2) is 8.35. The number of aliphatic hydroxyl groups excluding tert-OH is 1. The number of hydrogen-bond acceptors (Lipinski definition) is 3. The van der Waals surface area contributed by atoms with Crippen molar-refractivity contribution in [1.29, 1.82) is 0 Å². The standard InChI is InChI=1S/C17H36N2O/c1-6-18(7-2)13-10-14-19(8-3)15-11-9-12-17(4,5)16(15)20/h15-16,20H,6-14H2,1-5H3. The van der Waals surface area contributed by atoms with Gasteiger partial charge in [0.25, 0.3) is 0 Å². The Morgan fingerprint density at radius 1 is 1.05 bits per heavy atom. The molecule has 0 amide bonds. The largest absolute Gasteiger partial charge is 0.391 e. The van der Waals surface area contributed by atoms with Gasteiger partial charge < -0.3 is 10.0 Å². The third-order valence-corrected chi connectivity index (χ3v) is 5.18. The summed E-state index contributed by atoms with van der Waals surface area (Å²) in [7, 11) is 0. The summed E-state index contributed by atoms with van der Waals surface area (Å²) in [4.78, 5) is 4.99. The number of aliphatic hydroxyl groups is 1. The summed E-state index contributed by atoms with van der Waals surface area (Å²) in [5.41, 5.74) is 0.0786. The van der Waals surface area contributed by atoms with E-state index in [2.05, 4.69) is 44.4 Å². The Kier molecular flexibility index (Phi) is 7.49. The minimum absolute atomic E-state index is 0.0786. The molecule has 1 saturated carbocycles. The molecule has 20 heavy (non-hydrogen) atoms. The van der Waals surface area contributed by atoms with Crippen LogP contribution in [0.3, 0.4) is 0 Å². The van der Waals surface area contributed by atoms with Crippen LogP contribution >= 0.6 is 0 Å². The maximum Gasteiger partial charge on any atom is 0.0746 e. The highest BCUT2D eigenvalue weighted by atomic mass is 16.3. The molecule has 0 bridgehead atoms. The van der Waals surface area contributed by atoms with Gasteiger partial charge in [-0.25, -0.2) is 0 Å². The predicted molar refractivity (Wildman–Crippen MR) is 87.1 cm³/mol. The number of hydrogen-bond donors (Lipinski definition) is 1. The van der Waals surface area contributed by atoms with Gasteiger partial charge in [-0.2, -0.15) is 0 Å². The van der Waals surface area contributed by atoms with Gasteiger partial charge >= 0.3 is 0 Å². The molecule has 0 spiro atoms. The van der Waals surface area contributed by atoms with Crippen molar-refractivity contribution in [1.82, 2.24) is 9.80 Å². The van der Waals surface area contributed by atoms with Crippen LogP contribution in [-0.2, 0) is 0 Å². The smallest absolute Gasteiger partial charge is 0.0746 e. The van der Waals surface area contributed by atoms with Gasteiger partial charge in [0.2, 0.25) is 0 Å². The molecular weight excluding hydrogens is 248 g/mol. The fourth-order valence-corrected chi connectivity index (χ4v) is 3.57. The zero-order chi connectivity index (χ0) is 15.2. The normalized spacial score (nSPS) is 26.4. The molecule has 0 aromatic carbocycles. The number of rotatable bonds is 8. The van der Waals surface area contributed by atoms with Crippen LogP contribution in [0.4, 0.5) is 0 Å². The van der Waals surface area contributed by atoms with E-state index in [9.17, 15) is 5.11 Å². The van der Waals surface area contributed by atoms with Gasteiger partial charge in [-0.3, -0.25) is 4.90 Å². The zero-order valence-electron chi connectivity index (χ0n) is 14.4. The van der Waals surface area contributed by atoms with E-state index in [-0.39, 0.29) is 11.5 Å². The van der Waals surface area contributed by atoms with Gasteiger partial charge in [0.05, 0.1) is 6.10 Å². The molecule has 0 aliphatic heterocycles. The second-order valence-corrected chi connectivity index (χ2v) is 6.90. The topological polar surface area (TPSA) is 26.7 Å². The number of likely N-dealkylation sites (N-methyl/N-ethyl adjacent to an activating group) is 1. The van der Waals surface area contributed by atoms with Crippen LogP contribution in [0.2, 0.25) is 0 Å². The van der Waals surface area contributed by atoms with Gasteiger partial charge in [0.1, 0.15) is 0 Å². The lowest BCUT2D eigenvalue weighted by Gasteiger charge is -2.45. The van der Waals surface area contributed by atoms with Crippen LogP contribution < -0.4 is 0 Å². The van der Waals surface area contributed by atoms with Crippen molar-refractivity contribution in [3.8, 4) is 0 Å². The molecule has 1 fully saturated rings. The molecule has 0 heterocycles. The van der Waals surface area contributed by atoms with Gasteiger partial charge in [-0.15, -0.1) is 0 Å². The molecular formula is C17H36N2O. The lowest BCUT2D eigenvalue weighted by Crippen LogP contribution is -2.52. The lowest BCUT2D eigenvalue weighted by atomic mass is 9.72. The molecule has 1 rings (SSSR count). The summed E-state index contributed by atoms with van der Waals surface area (Å²) in [5.74, 6) is 0. The Labute approximate surface area is 126 Å². The van der Waals surface area contributed by atoms with Crippen LogP contribution in [0.15, 0.2) is 0 Å². The first kappa shape index (κ1) is 17.9. The minimum Gasteiger partial charge on any atom is -0.391 e. The Bertz CT molecular complexity index is 264. The molecule has 3 heteroatoms. The third-order valence-electron chi connectivity index (χ3n) is 5.18. The minimum atomic E-state index is -0.176. The summed E-state index contributed by atoms with van der Waals surface area (Å²) in [6.07, 6.45) is 4.59. The molecule has 0 radical (unpaired) electrons. The van der Waals surface area contributed by atoms with E-state index < -0.39 is 0 Å². The van der Waals surface area contributed by atoms with E-state index in [0.717, 1.165) is 39.0 Å². The van der Waals surface area contributed by atoms with Crippen molar-refractivity contribution in [2.45, 2.75) is 72.4 Å². The fourth-order valence-electron chi connectivity index (χ4n) is 3.57. The monoisotopic (exact) mass is 284 g/mol. The average molecular weight is 284 g/mol.